The number of nitrogens with zero attached hydrogens (tertiary/aromatic N) is 1. The Kier molecular flexibility index (Phi) is 10.7. The van der Waals surface area contributed by atoms with Gasteiger partial charge in [0.25, 0.3) is 5.91 Å². The lowest BCUT2D eigenvalue weighted by molar-refractivity contribution is -0.139. The van der Waals surface area contributed by atoms with E-state index in [0.29, 0.717) is 36.7 Å². The van der Waals surface area contributed by atoms with E-state index in [0.717, 1.165) is 0 Å². The number of nitrogens with two attached hydrogens (primary N) is 3. The van der Waals surface area contributed by atoms with Gasteiger partial charge in [0.2, 0.25) is 11.8 Å². The Labute approximate surface area is 207 Å². The molecular weight excluding hydrogens is 470 g/mol. The van der Waals surface area contributed by atoms with Crippen LogP contribution < -0.4 is 37.9 Å². The van der Waals surface area contributed by atoms with Crippen molar-refractivity contribution in [1.82, 2.24) is 10.6 Å². The number of nitrogens with one attached hydrogen (secondary N) is 3. The number of amides is 3. The van der Waals surface area contributed by atoms with Crippen LogP contribution in [0.25, 0.3) is 0 Å². The second-order valence-corrected chi connectivity index (χ2v) is 7.49. The van der Waals surface area contributed by atoms with Crippen molar-refractivity contribution >= 4 is 41.0 Å². The summed E-state index contributed by atoms with van der Waals surface area (Å²) in [6, 6.07) is 11.1. The molecule has 192 valence electrons. The molecule has 2 aromatic rings. The number of carbonyl (C=O) groups is 4. The second-order valence-electron chi connectivity index (χ2n) is 7.49. The molecule has 10 N–H and O–H groups in total. The third-order valence-corrected chi connectivity index (χ3v) is 4.55. The summed E-state index contributed by atoms with van der Waals surface area (Å²) < 4.78 is 5.48. The van der Waals surface area contributed by atoms with Crippen LogP contribution in [0.15, 0.2) is 53.5 Å². The number of benzene rings is 2. The van der Waals surface area contributed by atoms with E-state index >= 15 is 0 Å². The van der Waals surface area contributed by atoms with Crippen molar-refractivity contribution in [3.8, 4) is 5.75 Å². The Morgan fingerprint density at radius 1 is 1.06 bits per heavy atom. The van der Waals surface area contributed by atoms with Crippen molar-refractivity contribution in [2.75, 3.05) is 25.0 Å². The summed E-state index contributed by atoms with van der Waals surface area (Å²) in [5.74, 6) is -2.98. The summed E-state index contributed by atoms with van der Waals surface area (Å²) in [5, 5.41) is 16.4. The fourth-order valence-electron chi connectivity index (χ4n) is 2.89. The molecule has 1 atom stereocenters. The van der Waals surface area contributed by atoms with Crippen LogP contribution in [-0.4, -0.2) is 60.5 Å². The molecule has 1 unspecified atom stereocenters. The Bertz CT molecular complexity index is 1100. The maximum absolute atomic E-state index is 12.6. The van der Waals surface area contributed by atoms with Gasteiger partial charge in [-0.15, -0.1) is 0 Å². The highest BCUT2D eigenvalue weighted by atomic mass is 16.5. The van der Waals surface area contributed by atoms with Crippen LogP contribution >= 0.6 is 0 Å². The predicted octanol–water partition coefficient (Wildman–Crippen LogP) is -0.353. The first-order valence-electron chi connectivity index (χ1n) is 10.9. The lowest BCUT2D eigenvalue weighted by Crippen LogP contribution is -2.48. The first-order chi connectivity index (χ1) is 17.2. The van der Waals surface area contributed by atoms with Gasteiger partial charge in [0.05, 0.1) is 25.3 Å². The topological polar surface area (TPSA) is 224 Å². The smallest absolute Gasteiger partial charge is 0.305 e. The zero-order chi connectivity index (χ0) is 26.5. The van der Waals surface area contributed by atoms with Gasteiger partial charge < -0.3 is 43.0 Å². The van der Waals surface area contributed by atoms with Crippen LogP contribution in [0.5, 0.6) is 5.75 Å². The Balaban J connectivity index is 1.94. The molecule has 0 aliphatic heterocycles. The third kappa shape index (κ3) is 9.69. The highest BCUT2D eigenvalue weighted by molar-refractivity contribution is 6.00. The first kappa shape index (κ1) is 27.6. The maximum atomic E-state index is 12.6. The number of hydrogen-bond acceptors (Lipinski definition) is 7. The average Bonchev–Trinajstić information content (AvgIpc) is 2.83. The highest BCUT2D eigenvalue weighted by Crippen LogP contribution is 2.16. The number of guanidine groups is 1. The molecule has 0 aliphatic carbocycles. The van der Waals surface area contributed by atoms with Gasteiger partial charge in [0.15, 0.2) is 5.96 Å². The first-order valence-corrected chi connectivity index (χ1v) is 10.9. The minimum absolute atomic E-state index is 0.179. The number of hydrogen-bond donors (Lipinski definition) is 7. The molecule has 0 bridgehead atoms. The maximum Gasteiger partial charge on any atom is 0.305 e. The quantitative estimate of drug-likeness (QED) is 0.108. The van der Waals surface area contributed by atoms with Crippen molar-refractivity contribution < 1.29 is 29.0 Å². The number of anilines is 1. The normalized spacial score (nSPS) is 11.0. The summed E-state index contributed by atoms with van der Waals surface area (Å²) in [6.45, 7) is 0.456. The molecule has 0 saturated heterocycles. The van der Waals surface area contributed by atoms with Crippen molar-refractivity contribution in [3.05, 3.63) is 54.1 Å². The van der Waals surface area contributed by atoms with E-state index in [9.17, 15) is 19.2 Å². The van der Waals surface area contributed by atoms with Gasteiger partial charge in [-0.3, -0.25) is 19.2 Å². The fourth-order valence-corrected chi connectivity index (χ4v) is 2.89. The lowest BCUT2D eigenvalue weighted by Gasteiger charge is -2.17. The second kappa shape index (κ2) is 13.9. The fraction of sp³-hybridized carbons (Fsp3) is 0.261. The molecule has 13 heteroatoms. The number of aliphatic carboxylic acids is 1. The molecule has 0 saturated carbocycles. The summed E-state index contributed by atoms with van der Waals surface area (Å²) in [7, 11) is 0. The average molecular weight is 500 g/mol. The standard InChI is InChI=1S/C23H29N7O6/c24-9-2-10-36-17-7-5-15(6-8-17)28-22(35)18(12-20(32)33)30-19(31)13-27-21(34)14-3-1-4-16(11-14)29-23(25)26/h1,3-8,11,18H,2,9-10,12-13,24H2,(H,27,34)(H,28,35)(H,30,31)(H,32,33)(H4,25,26,29). The molecule has 0 aromatic heterocycles. The van der Waals surface area contributed by atoms with Gasteiger partial charge in [-0.25, -0.2) is 4.99 Å². The van der Waals surface area contributed by atoms with Gasteiger partial charge in [0, 0.05) is 11.3 Å². The third-order valence-electron chi connectivity index (χ3n) is 4.55. The minimum Gasteiger partial charge on any atom is -0.494 e. The molecule has 0 spiro atoms. The SMILES string of the molecule is NCCCOc1ccc(NC(=O)C(CC(=O)O)NC(=O)CNC(=O)c2cccc(N=C(N)N)c2)cc1. The van der Waals surface area contributed by atoms with Gasteiger partial charge >= 0.3 is 5.97 Å². The van der Waals surface area contributed by atoms with E-state index in [1.54, 1.807) is 36.4 Å². The van der Waals surface area contributed by atoms with Crippen LogP contribution in [0.3, 0.4) is 0 Å². The molecule has 0 aliphatic rings. The van der Waals surface area contributed by atoms with E-state index in [1.807, 2.05) is 0 Å². The van der Waals surface area contributed by atoms with Gasteiger partial charge in [0.1, 0.15) is 11.8 Å². The molecule has 2 rings (SSSR count). The van der Waals surface area contributed by atoms with Crippen molar-refractivity contribution in [1.29, 1.82) is 0 Å². The predicted molar refractivity (Wildman–Crippen MR) is 133 cm³/mol. The number of aliphatic imine (C=N–C) groups is 1. The van der Waals surface area contributed by atoms with E-state index in [2.05, 4.69) is 20.9 Å². The van der Waals surface area contributed by atoms with Gasteiger partial charge in [-0.05, 0) is 55.4 Å². The molecule has 13 nitrogen and oxygen atoms in total. The largest absolute Gasteiger partial charge is 0.494 e. The monoisotopic (exact) mass is 499 g/mol. The Morgan fingerprint density at radius 2 is 1.78 bits per heavy atom. The molecule has 0 radical (unpaired) electrons. The van der Waals surface area contributed by atoms with E-state index < -0.39 is 42.7 Å². The zero-order valence-corrected chi connectivity index (χ0v) is 19.4. The van der Waals surface area contributed by atoms with Gasteiger partial charge in [-0.1, -0.05) is 6.07 Å². The summed E-state index contributed by atoms with van der Waals surface area (Å²) >= 11 is 0. The molecule has 0 fully saturated rings. The lowest BCUT2D eigenvalue weighted by atomic mass is 10.1. The molecular formula is C23H29N7O6. The van der Waals surface area contributed by atoms with Crippen LogP contribution in [0, 0.1) is 0 Å². The van der Waals surface area contributed by atoms with Crippen molar-refractivity contribution in [2.45, 2.75) is 18.9 Å². The summed E-state index contributed by atoms with van der Waals surface area (Å²) in [6.07, 6.45) is 0.0339. The number of carboxylic acid groups (broad SMARTS) is 1. The number of carboxylic acids is 1. The minimum atomic E-state index is -1.38. The van der Waals surface area contributed by atoms with Crippen molar-refractivity contribution in [2.24, 2.45) is 22.2 Å². The highest BCUT2D eigenvalue weighted by Gasteiger charge is 2.24. The summed E-state index contributed by atoms with van der Waals surface area (Å²) in [4.78, 5) is 52.3. The van der Waals surface area contributed by atoms with Crippen LogP contribution in [0.1, 0.15) is 23.2 Å². The van der Waals surface area contributed by atoms with Crippen LogP contribution in [0.4, 0.5) is 11.4 Å². The molecule has 2 aromatic carbocycles. The van der Waals surface area contributed by atoms with Gasteiger partial charge in [-0.2, -0.15) is 0 Å². The zero-order valence-electron chi connectivity index (χ0n) is 19.4. The Morgan fingerprint density at radius 3 is 2.42 bits per heavy atom. The molecule has 0 heterocycles. The number of ether oxygens (including phenoxy) is 1. The Hall–Kier alpha value is -4.65. The van der Waals surface area contributed by atoms with Crippen LogP contribution in [0.2, 0.25) is 0 Å². The van der Waals surface area contributed by atoms with E-state index in [4.69, 9.17) is 27.0 Å². The summed E-state index contributed by atoms with van der Waals surface area (Å²) in [5.41, 5.74) is 17.0. The number of carbonyl (C=O) groups excluding carboxylic acids is 3. The van der Waals surface area contributed by atoms with Crippen LogP contribution in [-0.2, 0) is 14.4 Å². The van der Waals surface area contributed by atoms with E-state index in [-0.39, 0.29) is 11.5 Å². The van der Waals surface area contributed by atoms with E-state index in [1.165, 1.54) is 12.1 Å². The number of rotatable bonds is 13. The van der Waals surface area contributed by atoms with Crippen molar-refractivity contribution in [3.63, 3.8) is 0 Å². The molecule has 3 amide bonds. The molecule has 36 heavy (non-hydrogen) atoms.